The fourth-order valence-electron chi connectivity index (χ4n) is 2.26. The van der Waals surface area contributed by atoms with Crippen molar-refractivity contribution < 1.29 is 13.9 Å². The monoisotopic (exact) mass is 238 g/mol. The Bertz CT molecular complexity index is 415. The molecule has 1 aromatic carbocycles. The molecule has 0 saturated heterocycles. The Morgan fingerprint density at radius 2 is 2.12 bits per heavy atom. The summed E-state index contributed by atoms with van der Waals surface area (Å²) in [5.74, 6) is -0.753. The summed E-state index contributed by atoms with van der Waals surface area (Å²) in [5, 5.41) is 10.0. The van der Waals surface area contributed by atoms with E-state index in [1.54, 1.807) is 0 Å². The molecule has 1 N–H and O–H groups in total. The van der Waals surface area contributed by atoms with Gasteiger partial charge in [-0.1, -0.05) is 12.2 Å². The number of halogens is 2. The molecule has 17 heavy (non-hydrogen) atoms. The molecule has 2 rings (SSSR count). The number of allylic oxidation sites excluding steroid dienone is 2. The van der Waals surface area contributed by atoms with Crippen molar-refractivity contribution in [1.29, 1.82) is 0 Å². The van der Waals surface area contributed by atoms with E-state index < -0.39 is 17.7 Å². The van der Waals surface area contributed by atoms with Gasteiger partial charge in [0.1, 0.15) is 11.6 Å². The van der Waals surface area contributed by atoms with Gasteiger partial charge in [-0.05, 0) is 48.9 Å². The van der Waals surface area contributed by atoms with Crippen LogP contribution in [0.4, 0.5) is 8.78 Å². The molecule has 0 aliphatic heterocycles. The smallest absolute Gasteiger partial charge is 0.126 e. The van der Waals surface area contributed by atoms with Crippen molar-refractivity contribution in [2.45, 2.75) is 31.8 Å². The lowest BCUT2D eigenvalue weighted by molar-refractivity contribution is 0.101. The zero-order valence-corrected chi connectivity index (χ0v) is 9.57. The van der Waals surface area contributed by atoms with Crippen molar-refractivity contribution in [2.75, 3.05) is 0 Å². The van der Waals surface area contributed by atoms with E-state index in [-0.39, 0.29) is 17.9 Å². The van der Waals surface area contributed by atoms with Crippen LogP contribution in [0.25, 0.3) is 0 Å². The topological polar surface area (TPSA) is 20.2 Å². The van der Waals surface area contributed by atoms with Gasteiger partial charge < -0.3 is 5.11 Å². The number of hydrogen-bond donors (Lipinski definition) is 1. The molecular weight excluding hydrogens is 222 g/mol. The Balaban J connectivity index is 2.04. The van der Waals surface area contributed by atoms with Crippen molar-refractivity contribution in [3.05, 3.63) is 47.5 Å². The summed E-state index contributed by atoms with van der Waals surface area (Å²) in [6, 6.07) is 3.37. The second-order valence-electron chi connectivity index (χ2n) is 4.55. The van der Waals surface area contributed by atoms with Crippen LogP contribution in [0.15, 0.2) is 30.4 Å². The lowest BCUT2D eigenvalue weighted by atomic mass is 9.86. The molecular formula is C14H16F2O. The third kappa shape index (κ3) is 3.13. The summed E-state index contributed by atoms with van der Waals surface area (Å²) in [4.78, 5) is 0. The van der Waals surface area contributed by atoms with Gasteiger partial charge in [0.05, 0.1) is 6.10 Å². The van der Waals surface area contributed by atoms with Crippen molar-refractivity contribution >= 4 is 0 Å². The molecule has 0 radical (unpaired) electrons. The molecule has 0 aromatic heterocycles. The van der Waals surface area contributed by atoms with Crippen LogP contribution >= 0.6 is 0 Å². The molecule has 1 nitrogen and oxygen atoms in total. The first-order valence-corrected chi connectivity index (χ1v) is 5.94. The minimum atomic E-state index is -0.601. The fraction of sp³-hybridized carbons (Fsp3) is 0.429. The summed E-state index contributed by atoms with van der Waals surface area (Å²) in [6.45, 7) is 0. The van der Waals surface area contributed by atoms with Crippen molar-refractivity contribution in [2.24, 2.45) is 5.92 Å². The highest BCUT2D eigenvalue weighted by Crippen LogP contribution is 2.24. The van der Waals surface area contributed by atoms with Crippen molar-refractivity contribution in [1.82, 2.24) is 0 Å². The molecule has 2 unspecified atom stereocenters. The van der Waals surface area contributed by atoms with E-state index in [2.05, 4.69) is 6.08 Å². The summed E-state index contributed by atoms with van der Waals surface area (Å²) in [6.07, 6.45) is 6.39. The summed E-state index contributed by atoms with van der Waals surface area (Å²) < 4.78 is 26.4. The van der Waals surface area contributed by atoms with E-state index >= 15 is 0 Å². The number of aliphatic hydroxyl groups excluding tert-OH is 1. The van der Waals surface area contributed by atoms with Crippen molar-refractivity contribution in [3.8, 4) is 0 Å². The Hall–Kier alpha value is -1.22. The van der Waals surface area contributed by atoms with Crippen LogP contribution in [0.5, 0.6) is 0 Å². The van der Waals surface area contributed by atoms with Gasteiger partial charge in [-0.2, -0.15) is 0 Å². The molecule has 0 heterocycles. The molecule has 0 saturated carbocycles. The van der Waals surface area contributed by atoms with Gasteiger partial charge in [0.25, 0.3) is 0 Å². The van der Waals surface area contributed by atoms with E-state index in [4.69, 9.17) is 0 Å². The highest BCUT2D eigenvalue weighted by atomic mass is 19.1. The Kier molecular flexibility index (Phi) is 3.89. The number of aliphatic hydroxyl groups is 1. The van der Waals surface area contributed by atoms with Crippen LogP contribution in [-0.4, -0.2) is 11.2 Å². The van der Waals surface area contributed by atoms with E-state index in [0.717, 1.165) is 37.5 Å². The molecule has 0 spiro atoms. The summed E-state index contributed by atoms with van der Waals surface area (Å²) in [5.41, 5.74) is 0.257. The largest absolute Gasteiger partial charge is 0.392 e. The fourth-order valence-corrected chi connectivity index (χ4v) is 2.26. The molecule has 0 amide bonds. The summed E-state index contributed by atoms with van der Waals surface area (Å²) >= 11 is 0. The molecule has 2 atom stereocenters. The number of hydrogen-bond acceptors (Lipinski definition) is 1. The maximum Gasteiger partial charge on any atom is 0.126 e. The highest BCUT2D eigenvalue weighted by Gasteiger charge is 2.21. The maximum atomic E-state index is 13.4. The van der Waals surface area contributed by atoms with Gasteiger partial charge >= 0.3 is 0 Å². The van der Waals surface area contributed by atoms with Crippen LogP contribution in [-0.2, 0) is 6.42 Å². The summed E-state index contributed by atoms with van der Waals surface area (Å²) in [7, 11) is 0. The van der Waals surface area contributed by atoms with Gasteiger partial charge in [-0.3, -0.25) is 0 Å². The lowest BCUT2D eigenvalue weighted by Crippen LogP contribution is -2.24. The van der Waals surface area contributed by atoms with Gasteiger partial charge in [-0.15, -0.1) is 0 Å². The molecule has 0 fully saturated rings. The van der Waals surface area contributed by atoms with Gasteiger partial charge in [0.2, 0.25) is 0 Å². The average Bonchev–Trinajstić information content (AvgIpc) is 2.35. The molecule has 92 valence electrons. The Morgan fingerprint density at radius 1 is 1.29 bits per heavy atom. The van der Waals surface area contributed by atoms with Crippen LogP contribution in [0.2, 0.25) is 0 Å². The standard InChI is InChI=1S/C14H16F2O/c15-12-6-7-13(16)11(8-12)9-14(17)10-4-2-1-3-5-10/h1-2,6-8,10,14,17H,3-5,9H2. The maximum absolute atomic E-state index is 13.4. The van der Waals surface area contributed by atoms with Gasteiger partial charge in [0.15, 0.2) is 0 Å². The van der Waals surface area contributed by atoms with Crippen molar-refractivity contribution in [3.63, 3.8) is 0 Å². The minimum Gasteiger partial charge on any atom is -0.392 e. The minimum absolute atomic E-state index is 0.155. The third-order valence-electron chi connectivity index (χ3n) is 3.29. The zero-order valence-electron chi connectivity index (χ0n) is 9.57. The highest BCUT2D eigenvalue weighted by molar-refractivity contribution is 5.19. The second-order valence-corrected chi connectivity index (χ2v) is 4.55. The van der Waals surface area contributed by atoms with E-state index in [1.165, 1.54) is 0 Å². The predicted octanol–water partition coefficient (Wildman–Crippen LogP) is 3.22. The first kappa shape index (κ1) is 12.2. The third-order valence-corrected chi connectivity index (χ3v) is 3.29. The van der Waals surface area contributed by atoms with E-state index in [0.29, 0.717) is 0 Å². The van der Waals surface area contributed by atoms with Gasteiger partial charge in [-0.25, -0.2) is 8.78 Å². The average molecular weight is 238 g/mol. The predicted molar refractivity (Wildman–Crippen MR) is 62.5 cm³/mol. The van der Waals surface area contributed by atoms with Crippen LogP contribution in [0.1, 0.15) is 24.8 Å². The van der Waals surface area contributed by atoms with E-state index in [9.17, 15) is 13.9 Å². The molecule has 1 aliphatic rings. The van der Waals surface area contributed by atoms with Crippen LogP contribution in [0.3, 0.4) is 0 Å². The quantitative estimate of drug-likeness (QED) is 0.802. The Labute approximate surface area is 99.8 Å². The van der Waals surface area contributed by atoms with Crippen LogP contribution in [0, 0.1) is 17.6 Å². The van der Waals surface area contributed by atoms with E-state index in [1.807, 2.05) is 6.08 Å². The first-order valence-electron chi connectivity index (χ1n) is 5.94. The number of benzene rings is 1. The first-order chi connectivity index (χ1) is 8.16. The molecule has 1 aliphatic carbocycles. The Morgan fingerprint density at radius 3 is 2.82 bits per heavy atom. The van der Waals surface area contributed by atoms with Gasteiger partial charge in [0, 0.05) is 6.42 Å². The number of rotatable bonds is 3. The zero-order chi connectivity index (χ0) is 12.3. The molecule has 3 heteroatoms. The SMILES string of the molecule is OC(Cc1cc(F)ccc1F)C1CC=CCC1. The molecule has 1 aromatic rings. The van der Waals surface area contributed by atoms with Crippen LogP contribution < -0.4 is 0 Å². The normalized spacial score (nSPS) is 21.5. The molecule has 0 bridgehead atoms. The second kappa shape index (κ2) is 5.41. The lowest BCUT2D eigenvalue weighted by Gasteiger charge is -2.23.